The summed E-state index contributed by atoms with van der Waals surface area (Å²) < 4.78 is 4.87. The first kappa shape index (κ1) is 8.97. The van der Waals surface area contributed by atoms with Crippen molar-refractivity contribution in [3.63, 3.8) is 0 Å². The van der Waals surface area contributed by atoms with Crippen molar-refractivity contribution in [2.24, 2.45) is 0 Å². The Hall–Kier alpha value is -1.12. The number of hydrogen-bond acceptors (Lipinski definition) is 3. The summed E-state index contributed by atoms with van der Waals surface area (Å²) in [6, 6.07) is 0. The molecule has 0 amide bonds. The molecule has 3 heteroatoms. The maximum Gasteiger partial charge on any atom is 0.257 e. The average molecular weight is 166 g/mol. The zero-order chi connectivity index (χ0) is 8.97. The second-order valence-electron chi connectivity index (χ2n) is 2.77. The lowest BCUT2D eigenvalue weighted by Crippen LogP contribution is -1.91. The van der Waals surface area contributed by atoms with E-state index < -0.39 is 0 Å². The fourth-order valence-corrected chi connectivity index (χ4v) is 1.12. The molecule has 0 aliphatic carbocycles. The summed E-state index contributed by atoms with van der Waals surface area (Å²) in [5, 5.41) is 3.59. The summed E-state index contributed by atoms with van der Waals surface area (Å²) in [6.45, 7) is 3.92. The first-order chi connectivity index (χ1) is 5.79. The second-order valence-corrected chi connectivity index (χ2v) is 2.77. The Morgan fingerprint density at radius 2 is 2.33 bits per heavy atom. The van der Waals surface area contributed by atoms with Crippen LogP contribution in [0.5, 0.6) is 0 Å². The van der Waals surface area contributed by atoms with Gasteiger partial charge >= 0.3 is 0 Å². The molecule has 0 saturated carbocycles. The molecule has 12 heavy (non-hydrogen) atoms. The van der Waals surface area contributed by atoms with Gasteiger partial charge in [-0.2, -0.15) is 0 Å². The molecule has 0 aromatic carbocycles. The molecule has 0 aliphatic rings. The molecule has 1 rings (SSSR count). The summed E-state index contributed by atoms with van der Waals surface area (Å²) in [7, 11) is 0. The highest BCUT2D eigenvalue weighted by molar-refractivity contribution is 5.74. The maximum atomic E-state index is 10.4. The third kappa shape index (κ3) is 1.72. The lowest BCUT2D eigenvalue weighted by molar-refractivity contribution is 0.394. The van der Waals surface area contributed by atoms with Crippen LogP contribution in [0.2, 0.25) is 0 Å². The minimum atomic E-state index is 0.334. The number of aryl methyl sites for hydroxylation is 1. The Morgan fingerprint density at radius 1 is 1.58 bits per heavy atom. The predicted molar refractivity (Wildman–Crippen MR) is 44.6 cm³/mol. The van der Waals surface area contributed by atoms with E-state index >= 15 is 0 Å². The Balaban J connectivity index is 2.79. The Bertz CT molecular complexity index is 265. The highest BCUT2D eigenvalue weighted by Gasteiger charge is 2.11. The number of aromatic nitrogens is 1. The molecule has 0 bridgehead atoms. The van der Waals surface area contributed by atoms with Gasteiger partial charge in [-0.15, -0.1) is 0 Å². The predicted octanol–water partition coefficient (Wildman–Crippen LogP) is 1.78. The summed E-state index contributed by atoms with van der Waals surface area (Å²) in [4.78, 5) is 10.4. The van der Waals surface area contributed by atoms with Crippen LogP contribution in [0.15, 0.2) is 4.52 Å². The van der Waals surface area contributed by atoms with Crippen LogP contribution in [-0.4, -0.2) is 11.4 Å². The third-order valence-corrected chi connectivity index (χ3v) is 1.86. The first-order valence-corrected chi connectivity index (χ1v) is 4.13. The SMILES string of the molecule is CCCCc1c([C]=O)noc1C. The van der Waals surface area contributed by atoms with Crippen LogP contribution in [0, 0.1) is 6.92 Å². The molecule has 3 nitrogen and oxygen atoms in total. The number of nitrogens with zero attached hydrogens (tertiary/aromatic N) is 1. The van der Waals surface area contributed by atoms with E-state index in [1.54, 1.807) is 6.29 Å². The molecule has 0 aliphatic heterocycles. The van der Waals surface area contributed by atoms with Gasteiger partial charge in [0.05, 0.1) is 0 Å². The fraction of sp³-hybridized carbons (Fsp3) is 0.556. The Labute approximate surface area is 71.7 Å². The van der Waals surface area contributed by atoms with Crippen LogP contribution in [-0.2, 0) is 11.2 Å². The highest BCUT2D eigenvalue weighted by atomic mass is 16.5. The van der Waals surface area contributed by atoms with Crippen LogP contribution in [0.3, 0.4) is 0 Å². The van der Waals surface area contributed by atoms with E-state index in [9.17, 15) is 4.79 Å². The monoisotopic (exact) mass is 166 g/mol. The van der Waals surface area contributed by atoms with Gasteiger partial charge in [-0.1, -0.05) is 18.5 Å². The standard InChI is InChI=1S/C9H12NO2/c1-3-4-5-8-7(2)12-10-9(8)6-11/h3-5H2,1-2H3. The molecule has 1 radical (unpaired) electrons. The Kier molecular flexibility index (Phi) is 3.02. The number of carbonyl (C=O) groups excluding carboxylic acids is 1. The lowest BCUT2D eigenvalue weighted by Gasteiger charge is -1.94. The normalized spacial score (nSPS) is 10.2. The first-order valence-electron chi connectivity index (χ1n) is 4.13. The molecule has 1 heterocycles. The van der Waals surface area contributed by atoms with Crippen molar-refractivity contribution >= 4 is 6.29 Å². The lowest BCUT2D eigenvalue weighted by atomic mass is 10.1. The number of rotatable bonds is 4. The third-order valence-electron chi connectivity index (χ3n) is 1.86. The smallest absolute Gasteiger partial charge is 0.257 e. The molecular formula is C9H12NO2. The van der Waals surface area contributed by atoms with E-state index in [0.717, 1.165) is 30.6 Å². The van der Waals surface area contributed by atoms with Crippen molar-refractivity contribution in [3.05, 3.63) is 17.0 Å². The summed E-state index contributed by atoms with van der Waals surface area (Å²) >= 11 is 0. The van der Waals surface area contributed by atoms with Crippen LogP contribution in [0.1, 0.15) is 36.8 Å². The Morgan fingerprint density at radius 3 is 2.92 bits per heavy atom. The molecule has 1 aromatic rings. The van der Waals surface area contributed by atoms with Gasteiger partial charge in [0.15, 0.2) is 5.69 Å². The van der Waals surface area contributed by atoms with E-state index in [-0.39, 0.29) is 0 Å². The largest absolute Gasteiger partial charge is 0.361 e. The van der Waals surface area contributed by atoms with Gasteiger partial charge in [0.25, 0.3) is 6.29 Å². The van der Waals surface area contributed by atoms with Gasteiger partial charge in [0.1, 0.15) is 5.76 Å². The van der Waals surface area contributed by atoms with E-state index in [2.05, 4.69) is 12.1 Å². The minimum Gasteiger partial charge on any atom is -0.361 e. The van der Waals surface area contributed by atoms with E-state index in [4.69, 9.17) is 4.52 Å². The highest BCUT2D eigenvalue weighted by Crippen LogP contribution is 2.14. The molecule has 0 fully saturated rings. The minimum absolute atomic E-state index is 0.334. The number of unbranched alkanes of at least 4 members (excludes halogenated alkanes) is 1. The molecule has 65 valence electrons. The molecule has 0 unspecified atom stereocenters. The summed E-state index contributed by atoms with van der Waals surface area (Å²) in [6.07, 6.45) is 4.78. The van der Waals surface area contributed by atoms with E-state index in [1.165, 1.54) is 0 Å². The second kappa shape index (κ2) is 4.04. The van der Waals surface area contributed by atoms with Gasteiger partial charge in [-0.05, 0) is 19.8 Å². The van der Waals surface area contributed by atoms with Crippen LogP contribution < -0.4 is 0 Å². The van der Waals surface area contributed by atoms with Crippen molar-refractivity contribution in [2.45, 2.75) is 33.1 Å². The van der Waals surface area contributed by atoms with E-state index in [0.29, 0.717) is 5.69 Å². The van der Waals surface area contributed by atoms with Crippen molar-refractivity contribution in [1.82, 2.24) is 5.16 Å². The van der Waals surface area contributed by atoms with E-state index in [1.807, 2.05) is 6.92 Å². The van der Waals surface area contributed by atoms with Gasteiger partial charge in [0, 0.05) is 5.56 Å². The van der Waals surface area contributed by atoms with Gasteiger partial charge in [-0.25, -0.2) is 0 Å². The molecule has 0 atom stereocenters. The summed E-state index contributed by atoms with van der Waals surface area (Å²) in [5.74, 6) is 0.738. The average Bonchev–Trinajstić information content (AvgIpc) is 2.43. The van der Waals surface area contributed by atoms with Gasteiger partial charge < -0.3 is 4.52 Å². The fourth-order valence-electron chi connectivity index (χ4n) is 1.12. The van der Waals surface area contributed by atoms with Crippen molar-refractivity contribution in [1.29, 1.82) is 0 Å². The zero-order valence-corrected chi connectivity index (χ0v) is 7.39. The zero-order valence-electron chi connectivity index (χ0n) is 7.39. The maximum absolute atomic E-state index is 10.4. The van der Waals surface area contributed by atoms with Crippen molar-refractivity contribution < 1.29 is 9.32 Å². The van der Waals surface area contributed by atoms with Gasteiger partial charge in [0.2, 0.25) is 0 Å². The quantitative estimate of drug-likeness (QED) is 0.684. The molecule has 0 saturated heterocycles. The number of hydrogen-bond donors (Lipinski definition) is 0. The van der Waals surface area contributed by atoms with Crippen LogP contribution >= 0.6 is 0 Å². The molecule has 0 N–H and O–H groups in total. The molecular weight excluding hydrogens is 154 g/mol. The van der Waals surface area contributed by atoms with Crippen LogP contribution in [0.25, 0.3) is 0 Å². The molecule has 1 aromatic heterocycles. The molecule has 0 spiro atoms. The van der Waals surface area contributed by atoms with Gasteiger partial charge in [-0.3, -0.25) is 4.79 Å². The summed E-state index contributed by atoms with van der Waals surface area (Å²) in [5.41, 5.74) is 1.24. The van der Waals surface area contributed by atoms with Crippen molar-refractivity contribution in [3.8, 4) is 0 Å². The van der Waals surface area contributed by atoms with Crippen LogP contribution in [0.4, 0.5) is 0 Å². The van der Waals surface area contributed by atoms with Crippen molar-refractivity contribution in [2.75, 3.05) is 0 Å². The topological polar surface area (TPSA) is 43.1 Å².